The minimum absolute atomic E-state index is 0.0127. The second kappa shape index (κ2) is 12.8. The number of hydrogen-bond acceptors (Lipinski definition) is 6. The molecule has 0 bridgehead atoms. The average molecular weight is 688 g/mol. The zero-order valence-corrected chi connectivity index (χ0v) is 29.1. The van der Waals surface area contributed by atoms with Crippen LogP contribution in [0.5, 0.6) is 0 Å². The van der Waals surface area contributed by atoms with Gasteiger partial charge in [-0.3, -0.25) is 14.5 Å². The molecule has 0 saturated carbocycles. The molecular weight excluding hydrogens is 644 g/mol. The zero-order valence-electron chi connectivity index (χ0n) is 27.5. The summed E-state index contributed by atoms with van der Waals surface area (Å²) in [5.74, 6) is 0.0536. The minimum Gasteiger partial charge on any atom is -0.335 e. The predicted octanol–water partition coefficient (Wildman–Crippen LogP) is 5.94. The maximum absolute atomic E-state index is 14.1. The predicted molar refractivity (Wildman–Crippen MR) is 182 cm³/mol. The Balaban J connectivity index is 1.14. The van der Waals surface area contributed by atoms with Crippen LogP contribution in [0.3, 0.4) is 0 Å². The van der Waals surface area contributed by atoms with E-state index in [2.05, 4.69) is 84.8 Å². The largest absolute Gasteiger partial charge is 0.335 e. The highest BCUT2D eigenvalue weighted by Gasteiger charge is 2.37. The van der Waals surface area contributed by atoms with Crippen LogP contribution in [-0.2, 0) is 16.8 Å². The number of nitrogens with zero attached hydrogens (tertiary/aromatic N) is 8. The quantitative estimate of drug-likeness (QED) is 0.250. The molecule has 2 aromatic heterocycles. The number of amides is 2. The van der Waals surface area contributed by atoms with Crippen molar-refractivity contribution in [1.82, 2.24) is 34.6 Å². The van der Waals surface area contributed by atoms with Gasteiger partial charge in [-0.2, -0.15) is 5.10 Å². The van der Waals surface area contributed by atoms with Crippen LogP contribution in [0.2, 0.25) is 0 Å². The third kappa shape index (κ3) is 6.53. The first-order valence-electron chi connectivity index (χ1n) is 16.1. The Morgan fingerprint density at radius 1 is 0.957 bits per heavy atom. The van der Waals surface area contributed by atoms with Gasteiger partial charge in [0.1, 0.15) is 6.04 Å². The van der Waals surface area contributed by atoms with Gasteiger partial charge in [-0.05, 0) is 70.0 Å². The van der Waals surface area contributed by atoms with Crippen molar-refractivity contribution < 1.29 is 9.59 Å². The molecule has 4 heterocycles. The van der Waals surface area contributed by atoms with Gasteiger partial charge in [0.2, 0.25) is 0 Å². The van der Waals surface area contributed by atoms with E-state index in [0.717, 1.165) is 40.1 Å². The summed E-state index contributed by atoms with van der Waals surface area (Å²) in [5.41, 5.74) is 4.99. The Hall–Kier alpha value is -3.83. The number of rotatable bonds is 6. The Labute approximate surface area is 279 Å². The number of piperazine rings is 1. The number of aryl methyl sites for hydroxylation is 1. The van der Waals surface area contributed by atoms with E-state index in [1.807, 2.05) is 63.3 Å². The molecule has 0 radical (unpaired) electrons. The molecule has 2 aliphatic rings. The first-order chi connectivity index (χ1) is 21.9. The highest BCUT2D eigenvalue weighted by atomic mass is 79.9. The summed E-state index contributed by atoms with van der Waals surface area (Å²) in [6, 6.07) is 15.9. The molecule has 3 atom stereocenters. The number of aromatic nitrogens is 5. The minimum atomic E-state index is -0.374. The van der Waals surface area contributed by atoms with Crippen LogP contribution in [0.4, 0.5) is 5.69 Å². The van der Waals surface area contributed by atoms with Gasteiger partial charge < -0.3 is 9.80 Å². The first-order valence-corrected chi connectivity index (χ1v) is 16.9. The van der Waals surface area contributed by atoms with Crippen molar-refractivity contribution in [2.45, 2.75) is 84.5 Å². The highest BCUT2D eigenvalue weighted by Crippen LogP contribution is 2.30. The SMILES string of the molecule is Cc1ccc(-n2cc(C(=O)N3C[C@@H](C)N(Cc4cn(C5CCCN(c6ccc(Br)cc6)C5=O)nn4)[C@@H](C)C3)c(C(C)(C)C)n2)cc1. The molecule has 2 saturated heterocycles. The fourth-order valence-corrected chi connectivity index (χ4v) is 6.89. The van der Waals surface area contributed by atoms with Crippen LogP contribution in [0, 0.1) is 6.92 Å². The number of piperidine rings is 1. The van der Waals surface area contributed by atoms with E-state index in [-0.39, 0.29) is 35.4 Å². The molecular formula is C35H43BrN8O2. The number of carbonyl (C=O) groups is 2. The number of carbonyl (C=O) groups excluding carboxylic acids is 2. The molecule has 2 aliphatic heterocycles. The monoisotopic (exact) mass is 686 g/mol. The third-order valence-corrected chi connectivity index (χ3v) is 9.64. The molecule has 4 aromatic rings. The van der Waals surface area contributed by atoms with Gasteiger partial charge in [-0.1, -0.05) is 59.6 Å². The Bertz CT molecular complexity index is 1690. The third-order valence-electron chi connectivity index (χ3n) is 9.11. The fraction of sp³-hybridized carbons (Fsp3) is 0.457. The highest BCUT2D eigenvalue weighted by molar-refractivity contribution is 9.10. The molecule has 10 nitrogen and oxygen atoms in total. The first kappa shape index (κ1) is 32.1. The van der Waals surface area contributed by atoms with Gasteiger partial charge in [0.25, 0.3) is 11.8 Å². The topological polar surface area (TPSA) is 92.4 Å². The summed E-state index contributed by atoms with van der Waals surface area (Å²) in [6.07, 6.45) is 5.43. The van der Waals surface area contributed by atoms with Crippen molar-refractivity contribution in [2.75, 3.05) is 24.5 Å². The zero-order chi connectivity index (χ0) is 32.7. The van der Waals surface area contributed by atoms with Crippen molar-refractivity contribution in [1.29, 1.82) is 0 Å². The van der Waals surface area contributed by atoms with Crippen LogP contribution in [0.25, 0.3) is 5.69 Å². The van der Waals surface area contributed by atoms with Crippen molar-refractivity contribution in [3.05, 3.63) is 87.9 Å². The van der Waals surface area contributed by atoms with Gasteiger partial charge in [0.15, 0.2) is 0 Å². The summed E-state index contributed by atoms with van der Waals surface area (Å²) < 4.78 is 4.54. The van der Waals surface area contributed by atoms with Crippen molar-refractivity contribution in [2.24, 2.45) is 0 Å². The van der Waals surface area contributed by atoms with Gasteiger partial charge in [-0.25, -0.2) is 9.36 Å². The molecule has 46 heavy (non-hydrogen) atoms. The molecule has 2 fully saturated rings. The molecule has 0 aliphatic carbocycles. The molecule has 11 heteroatoms. The van der Waals surface area contributed by atoms with Crippen LogP contribution in [-0.4, -0.2) is 78.1 Å². The van der Waals surface area contributed by atoms with Crippen LogP contribution >= 0.6 is 15.9 Å². The maximum atomic E-state index is 14.1. The normalized spacial score (nSPS) is 21.2. The summed E-state index contributed by atoms with van der Waals surface area (Å²) >= 11 is 3.47. The molecule has 242 valence electrons. The van der Waals surface area contributed by atoms with Crippen LogP contribution in [0.15, 0.2) is 65.4 Å². The van der Waals surface area contributed by atoms with E-state index >= 15 is 0 Å². The van der Waals surface area contributed by atoms with E-state index in [9.17, 15) is 9.59 Å². The smallest absolute Gasteiger partial charge is 0.257 e. The van der Waals surface area contributed by atoms with Gasteiger partial charge in [0.05, 0.1) is 28.8 Å². The van der Waals surface area contributed by atoms with Crippen molar-refractivity contribution >= 4 is 33.4 Å². The lowest BCUT2D eigenvalue weighted by Gasteiger charge is -2.44. The summed E-state index contributed by atoms with van der Waals surface area (Å²) in [4.78, 5) is 33.7. The van der Waals surface area contributed by atoms with E-state index in [4.69, 9.17) is 5.10 Å². The summed E-state index contributed by atoms with van der Waals surface area (Å²) in [7, 11) is 0. The number of hydrogen-bond donors (Lipinski definition) is 0. The molecule has 0 N–H and O–H groups in total. The Morgan fingerprint density at radius 2 is 1.61 bits per heavy atom. The van der Waals surface area contributed by atoms with Crippen LogP contribution < -0.4 is 4.90 Å². The fourth-order valence-electron chi connectivity index (χ4n) is 6.62. The molecule has 2 amide bonds. The lowest BCUT2D eigenvalue weighted by molar-refractivity contribution is -0.123. The summed E-state index contributed by atoms with van der Waals surface area (Å²) in [5, 5.41) is 13.8. The standard InChI is InChI=1S/C35H43BrN8O2/c1-23-9-13-29(14-10-23)43-22-30(32(38-43)35(4,5)6)33(45)40-18-24(2)42(25(3)19-40)20-27-21-44(39-37-27)31-8-7-17-41(34(31)46)28-15-11-26(36)12-16-28/h9-16,21-22,24-25,31H,7-8,17-20H2,1-6H3/t24-,25+,31?. The lowest BCUT2D eigenvalue weighted by atomic mass is 9.89. The van der Waals surface area contributed by atoms with Crippen molar-refractivity contribution in [3.63, 3.8) is 0 Å². The van der Waals surface area contributed by atoms with Crippen LogP contribution in [0.1, 0.15) is 80.8 Å². The van der Waals surface area contributed by atoms with Gasteiger partial charge in [0, 0.05) is 60.0 Å². The lowest BCUT2D eigenvalue weighted by Crippen LogP contribution is -2.57. The van der Waals surface area contributed by atoms with E-state index in [0.29, 0.717) is 31.7 Å². The average Bonchev–Trinajstić information content (AvgIpc) is 3.68. The Kier molecular flexibility index (Phi) is 8.91. The van der Waals surface area contributed by atoms with E-state index in [1.54, 1.807) is 4.68 Å². The second-order valence-corrected chi connectivity index (χ2v) is 14.7. The number of halogens is 1. The van der Waals surface area contributed by atoms with E-state index < -0.39 is 0 Å². The maximum Gasteiger partial charge on any atom is 0.257 e. The molecule has 6 rings (SSSR count). The van der Waals surface area contributed by atoms with Crippen molar-refractivity contribution in [3.8, 4) is 5.69 Å². The molecule has 1 unspecified atom stereocenters. The number of benzene rings is 2. The van der Waals surface area contributed by atoms with E-state index in [1.165, 1.54) is 5.56 Å². The van der Waals surface area contributed by atoms with Gasteiger partial charge >= 0.3 is 0 Å². The molecule has 0 spiro atoms. The second-order valence-electron chi connectivity index (χ2n) is 13.8. The Morgan fingerprint density at radius 3 is 2.26 bits per heavy atom. The number of anilines is 1. The van der Waals surface area contributed by atoms with Gasteiger partial charge in [-0.15, -0.1) is 5.10 Å². The summed E-state index contributed by atoms with van der Waals surface area (Å²) in [6.45, 7) is 15.1. The molecule has 2 aromatic carbocycles.